The average molecular weight is 264 g/mol. The number of ether oxygens (including phenoxy) is 1. The van der Waals surface area contributed by atoms with Gasteiger partial charge in [0.05, 0.1) is 12.6 Å². The number of rotatable bonds is 7. The molecule has 1 rings (SSSR count). The summed E-state index contributed by atoms with van der Waals surface area (Å²) in [5, 5.41) is 2.93. The van der Waals surface area contributed by atoms with Crippen LogP contribution in [-0.2, 0) is 4.79 Å². The lowest BCUT2D eigenvalue weighted by Crippen LogP contribution is -2.31. The molecule has 106 valence electrons. The predicted octanol–water partition coefficient (Wildman–Crippen LogP) is 2.39. The molecule has 1 aromatic carbocycles. The summed E-state index contributed by atoms with van der Waals surface area (Å²) in [7, 11) is 0. The van der Waals surface area contributed by atoms with Crippen molar-refractivity contribution < 1.29 is 9.53 Å². The highest BCUT2D eigenvalue weighted by molar-refractivity contribution is 5.76. The maximum atomic E-state index is 11.6. The van der Waals surface area contributed by atoms with Crippen LogP contribution in [0.3, 0.4) is 0 Å². The number of carbonyl (C=O) groups excluding carboxylic acids is 1. The molecule has 0 aliphatic rings. The Bertz CT molecular complexity index is 388. The van der Waals surface area contributed by atoms with Gasteiger partial charge in [0.25, 0.3) is 0 Å². The van der Waals surface area contributed by atoms with Gasteiger partial charge < -0.3 is 15.8 Å². The van der Waals surface area contributed by atoms with Crippen LogP contribution in [-0.4, -0.2) is 18.6 Å². The molecule has 0 saturated heterocycles. The Morgan fingerprint density at radius 3 is 2.47 bits per heavy atom. The largest absolute Gasteiger partial charge is 0.494 e. The van der Waals surface area contributed by atoms with Gasteiger partial charge in [0, 0.05) is 12.5 Å². The lowest BCUT2D eigenvalue weighted by Gasteiger charge is -2.15. The van der Waals surface area contributed by atoms with Crippen molar-refractivity contribution in [3.8, 4) is 5.75 Å². The highest BCUT2D eigenvalue weighted by atomic mass is 16.5. The topological polar surface area (TPSA) is 64.3 Å². The van der Waals surface area contributed by atoms with Crippen LogP contribution in [0.5, 0.6) is 5.75 Å². The maximum absolute atomic E-state index is 11.6. The van der Waals surface area contributed by atoms with Gasteiger partial charge in [-0.2, -0.15) is 0 Å². The summed E-state index contributed by atoms with van der Waals surface area (Å²) in [4.78, 5) is 11.6. The molecule has 0 heterocycles. The molecule has 19 heavy (non-hydrogen) atoms. The maximum Gasteiger partial charge on any atom is 0.222 e. The minimum Gasteiger partial charge on any atom is -0.494 e. The molecule has 4 nitrogen and oxygen atoms in total. The smallest absolute Gasteiger partial charge is 0.222 e. The molecule has 0 aromatic heterocycles. The van der Waals surface area contributed by atoms with Crippen LogP contribution < -0.4 is 15.8 Å². The van der Waals surface area contributed by atoms with E-state index < -0.39 is 0 Å². The molecule has 2 atom stereocenters. The Kier molecular flexibility index (Phi) is 6.36. The Balaban J connectivity index is 2.52. The fourth-order valence-corrected chi connectivity index (χ4v) is 1.75. The first-order valence-electron chi connectivity index (χ1n) is 6.80. The van der Waals surface area contributed by atoms with Gasteiger partial charge in [0.1, 0.15) is 5.75 Å². The number of nitrogens with two attached hydrogens (primary N) is 1. The zero-order valence-corrected chi connectivity index (χ0v) is 12.0. The third-order valence-electron chi connectivity index (χ3n) is 2.74. The van der Waals surface area contributed by atoms with Gasteiger partial charge in [-0.3, -0.25) is 4.79 Å². The highest BCUT2D eigenvalue weighted by Crippen LogP contribution is 2.17. The van der Waals surface area contributed by atoms with Crippen LogP contribution in [0.4, 0.5) is 0 Å². The fraction of sp³-hybridized carbons (Fsp3) is 0.533. The van der Waals surface area contributed by atoms with Gasteiger partial charge >= 0.3 is 0 Å². The van der Waals surface area contributed by atoms with E-state index in [9.17, 15) is 4.79 Å². The van der Waals surface area contributed by atoms with Crippen molar-refractivity contribution in [3.63, 3.8) is 0 Å². The fourth-order valence-electron chi connectivity index (χ4n) is 1.75. The number of nitrogens with one attached hydrogen (secondary N) is 1. The van der Waals surface area contributed by atoms with Gasteiger partial charge in [-0.1, -0.05) is 19.1 Å². The van der Waals surface area contributed by atoms with Crippen molar-refractivity contribution in [1.29, 1.82) is 0 Å². The Morgan fingerprint density at radius 2 is 1.95 bits per heavy atom. The van der Waals surface area contributed by atoms with Crippen molar-refractivity contribution in [3.05, 3.63) is 29.8 Å². The summed E-state index contributed by atoms with van der Waals surface area (Å²) < 4.78 is 5.52. The van der Waals surface area contributed by atoms with Crippen LogP contribution in [0.25, 0.3) is 0 Å². The first kappa shape index (κ1) is 15.5. The summed E-state index contributed by atoms with van der Waals surface area (Å²) in [6, 6.07) is 7.67. The molecule has 0 aliphatic heterocycles. The third-order valence-corrected chi connectivity index (χ3v) is 2.74. The normalized spacial score (nSPS) is 13.7. The lowest BCUT2D eigenvalue weighted by atomic mass is 10.1. The highest BCUT2D eigenvalue weighted by Gasteiger charge is 2.10. The summed E-state index contributed by atoms with van der Waals surface area (Å²) in [6.07, 6.45) is 1.34. The molecular formula is C15H24N2O2. The zero-order valence-electron chi connectivity index (χ0n) is 12.0. The molecule has 4 heteroatoms. The number of hydrogen-bond donors (Lipinski definition) is 2. The number of hydrogen-bond acceptors (Lipinski definition) is 3. The van der Waals surface area contributed by atoms with Gasteiger partial charge in [-0.05, 0) is 38.0 Å². The monoisotopic (exact) mass is 264 g/mol. The molecular weight excluding hydrogens is 240 g/mol. The van der Waals surface area contributed by atoms with Crippen LogP contribution in [0.15, 0.2) is 24.3 Å². The number of amides is 1. The lowest BCUT2D eigenvalue weighted by molar-refractivity contribution is -0.122. The second-order valence-corrected chi connectivity index (χ2v) is 4.89. The van der Waals surface area contributed by atoms with Crippen molar-refractivity contribution in [2.45, 2.75) is 45.7 Å². The second-order valence-electron chi connectivity index (χ2n) is 4.89. The molecule has 0 spiro atoms. The summed E-state index contributed by atoms with van der Waals surface area (Å²) in [5.74, 6) is 0.841. The van der Waals surface area contributed by atoms with Crippen LogP contribution in [0, 0.1) is 0 Å². The zero-order chi connectivity index (χ0) is 14.3. The quantitative estimate of drug-likeness (QED) is 0.794. The summed E-state index contributed by atoms with van der Waals surface area (Å²) >= 11 is 0. The molecule has 0 aliphatic carbocycles. The van der Waals surface area contributed by atoms with E-state index >= 15 is 0 Å². The summed E-state index contributed by atoms with van der Waals surface area (Å²) in [5.41, 5.74) is 6.65. The molecule has 0 saturated carbocycles. The van der Waals surface area contributed by atoms with E-state index in [1.54, 1.807) is 0 Å². The molecule has 3 N–H and O–H groups in total. The van der Waals surface area contributed by atoms with E-state index in [0.29, 0.717) is 6.42 Å². The van der Waals surface area contributed by atoms with Crippen molar-refractivity contribution in [2.24, 2.45) is 5.73 Å². The van der Waals surface area contributed by atoms with E-state index in [1.165, 1.54) is 0 Å². The Labute approximate surface area is 115 Å². The number of carbonyl (C=O) groups is 1. The predicted molar refractivity (Wildman–Crippen MR) is 77.1 cm³/mol. The van der Waals surface area contributed by atoms with Crippen LogP contribution in [0.2, 0.25) is 0 Å². The first-order chi connectivity index (χ1) is 9.02. The van der Waals surface area contributed by atoms with Crippen LogP contribution in [0.1, 0.15) is 45.2 Å². The first-order valence-corrected chi connectivity index (χ1v) is 6.80. The van der Waals surface area contributed by atoms with E-state index in [1.807, 2.05) is 38.1 Å². The summed E-state index contributed by atoms with van der Waals surface area (Å²) in [6.45, 7) is 6.58. The molecule has 1 amide bonds. The average Bonchev–Trinajstić information content (AvgIpc) is 2.35. The second kappa shape index (κ2) is 7.79. The van der Waals surface area contributed by atoms with E-state index in [4.69, 9.17) is 10.5 Å². The Morgan fingerprint density at radius 1 is 1.32 bits per heavy atom. The van der Waals surface area contributed by atoms with Crippen LogP contribution >= 0.6 is 0 Å². The standard InChI is InChI=1S/C15H24N2O2/c1-4-9-19-14-7-5-13(6-8-14)12(3)17-15(18)10-11(2)16/h5-8,11-12H,4,9-10,16H2,1-3H3,(H,17,18). The molecule has 2 unspecified atom stereocenters. The molecule has 0 bridgehead atoms. The van der Waals surface area contributed by atoms with E-state index in [-0.39, 0.29) is 18.0 Å². The van der Waals surface area contributed by atoms with Crippen molar-refractivity contribution in [1.82, 2.24) is 5.32 Å². The minimum atomic E-state index is -0.114. The van der Waals surface area contributed by atoms with Gasteiger partial charge in [0.2, 0.25) is 5.91 Å². The van der Waals surface area contributed by atoms with Crippen molar-refractivity contribution >= 4 is 5.91 Å². The molecule has 0 radical (unpaired) electrons. The van der Waals surface area contributed by atoms with Gasteiger partial charge in [-0.25, -0.2) is 0 Å². The number of benzene rings is 1. The van der Waals surface area contributed by atoms with Gasteiger partial charge in [-0.15, -0.1) is 0 Å². The third kappa shape index (κ3) is 5.75. The SMILES string of the molecule is CCCOc1ccc(C(C)NC(=O)CC(C)N)cc1. The van der Waals surface area contributed by atoms with Gasteiger partial charge in [0.15, 0.2) is 0 Å². The van der Waals surface area contributed by atoms with E-state index in [2.05, 4.69) is 12.2 Å². The van der Waals surface area contributed by atoms with Crippen molar-refractivity contribution in [2.75, 3.05) is 6.61 Å². The molecule has 1 aromatic rings. The minimum absolute atomic E-state index is 0.0196. The Hall–Kier alpha value is -1.55. The van der Waals surface area contributed by atoms with E-state index in [0.717, 1.165) is 24.3 Å². The molecule has 0 fully saturated rings.